The molecule has 1 atom stereocenters. The Kier molecular flexibility index (Phi) is 4.29. The maximum absolute atomic E-state index is 5.41. The molecular formula is C21H23N3O2. The Bertz CT molecular complexity index is 858. The summed E-state index contributed by atoms with van der Waals surface area (Å²) in [6, 6.07) is 14.5. The molecule has 0 saturated carbocycles. The number of ether oxygens (including phenoxy) is 2. The Morgan fingerprint density at radius 3 is 2.42 bits per heavy atom. The van der Waals surface area contributed by atoms with Gasteiger partial charge in [-0.15, -0.1) is 0 Å². The lowest BCUT2D eigenvalue weighted by Gasteiger charge is -2.40. The molecule has 134 valence electrons. The molecule has 0 aromatic heterocycles. The van der Waals surface area contributed by atoms with Gasteiger partial charge in [0.1, 0.15) is 17.7 Å². The number of methoxy groups -OCH3 is 2. The fourth-order valence-corrected chi connectivity index (χ4v) is 3.60. The smallest absolute Gasteiger partial charge is 0.146 e. The topological polar surface area (TPSA) is 37.3 Å². The Morgan fingerprint density at radius 1 is 1.00 bits per heavy atom. The van der Waals surface area contributed by atoms with Crippen LogP contribution in [0.4, 0.5) is 5.69 Å². The molecule has 0 fully saturated rings. The molecule has 0 aliphatic carbocycles. The summed E-state index contributed by atoms with van der Waals surface area (Å²) in [6.45, 7) is 3.80. The number of benzene rings is 2. The van der Waals surface area contributed by atoms with Crippen LogP contribution in [-0.4, -0.2) is 38.2 Å². The van der Waals surface area contributed by atoms with Gasteiger partial charge in [-0.1, -0.05) is 12.1 Å². The van der Waals surface area contributed by atoms with Crippen molar-refractivity contribution in [3.05, 3.63) is 59.2 Å². The number of hydrazone groups is 1. The van der Waals surface area contributed by atoms with E-state index in [1.807, 2.05) is 24.4 Å². The fraction of sp³-hybridized carbons (Fsp3) is 0.286. The number of hydrogen-bond donors (Lipinski definition) is 0. The van der Waals surface area contributed by atoms with Gasteiger partial charge in [-0.05, 0) is 48.9 Å². The van der Waals surface area contributed by atoms with E-state index in [0.717, 1.165) is 30.2 Å². The molecule has 5 nitrogen and oxygen atoms in total. The van der Waals surface area contributed by atoms with Crippen molar-refractivity contribution < 1.29 is 9.47 Å². The van der Waals surface area contributed by atoms with Gasteiger partial charge in [0.2, 0.25) is 0 Å². The van der Waals surface area contributed by atoms with Crippen LogP contribution in [0.2, 0.25) is 0 Å². The lowest BCUT2D eigenvalue weighted by atomic mass is 9.99. The molecule has 4 rings (SSSR count). The largest absolute Gasteiger partial charge is 0.497 e. The zero-order valence-electron chi connectivity index (χ0n) is 15.3. The highest BCUT2D eigenvalue weighted by molar-refractivity contribution is 5.94. The van der Waals surface area contributed by atoms with Crippen LogP contribution in [0.5, 0.6) is 11.5 Å². The quantitative estimate of drug-likeness (QED) is 0.824. The normalized spacial score (nSPS) is 17.7. The van der Waals surface area contributed by atoms with E-state index in [1.54, 1.807) is 14.2 Å². The summed E-state index contributed by atoms with van der Waals surface area (Å²) in [5, 5.41) is 6.72. The van der Waals surface area contributed by atoms with Crippen molar-refractivity contribution in [3.63, 3.8) is 0 Å². The number of anilines is 1. The van der Waals surface area contributed by atoms with Crippen LogP contribution in [0.3, 0.4) is 0 Å². The minimum Gasteiger partial charge on any atom is -0.497 e. The molecule has 2 aromatic carbocycles. The summed E-state index contributed by atoms with van der Waals surface area (Å²) in [4.78, 5) is 2.41. The van der Waals surface area contributed by atoms with Crippen LogP contribution in [0.15, 0.2) is 53.1 Å². The van der Waals surface area contributed by atoms with Crippen molar-refractivity contribution in [1.29, 1.82) is 0 Å². The van der Waals surface area contributed by atoms with Gasteiger partial charge in [-0.2, -0.15) is 5.10 Å². The van der Waals surface area contributed by atoms with Gasteiger partial charge in [0.05, 0.1) is 20.4 Å². The van der Waals surface area contributed by atoms with Gasteiger partial charge in [-0.25, -0.2) is 0 Å². The number of hydrogen-bond acceptors (Lipinski definition) is 5. The van der Waals surface area contributed by atoms with Gasteiger partial charge in [0.25, 0.3) is 0 Å². The number of nitrogens with zero attached hydrogens (tertiary/aromatic N) is 3. The van der Waals surface area contributed by atoms with Crippen molar-refractivity contribution in [1.82, 2.24) is 5.01 Å². The molecule has 1 unspecified atom stereocenters. The molecule has 2 aromatic rings. The molecule has 0 spiro atoms. The van der Waals surface area contributed by atoms with Crippen LogP contribution < -0.4 is 14.4 Å². The molecule has 0 radical (unpaired) electrons. The second-order valence-electron chi connectivity index (χ2n) is 6.42. The molecule has 0 saturated heterocycles. The first kappa shape index (κ1) is 16.5. The van der Waals surface area contributed by atoms with Crippen LogP contribution in [-0.2, 0) is 6.54 Å². The van der Waals surface area contributed by atoms with Crippen molar-refractivity contribution >= 4 is 18.0 Å². The van der Waals surface area contributed by atoms with E-state index in [2.05, 4.69) is 52.3 Å². The molecule has 2 aliphatic heterocycles. The molecule has 0 bridgehead atoms. The highest BCUT2D eigenvalue weighted by Gasteiger charge is 2.35. The van der Waals surface area contributed by atoms with E-state index in [0.29, 0.717) is 0 Å². The number of likely N-dealkylation sites (N-methyl/N-ethyl adjacent to an activating group) is 1. The van der Waals surface area contributed by atoms with E-state index >= 15 is 0 Å². The molecule has 2 aliphatic rings. The lowest BCUT2D eigenvalue weighted by Crippen LogP contribution is -2.46. The summed E-state index contributed by atoms with van der Waals surface area (Å²) in [5.41, 5.74) is 4.80. The molecule has 26 heavy (non-hydrogen) atoms. The second-order valence-corrected chi connectivity index (χ2v) is 6.42. The minimum absolute atomic E-state index is 0.128. The third-order valence-electron chi connectivity index (χ3n) is 4.93. The van der Waals surface area contributed by atoms with Crippen molar-refractivity contribution in [2.75, 3.05) is 25.7 Å². The first-order chi connectivity index (χ1) is 12.7. The van der Waals surface area contributed by atoms with E-state index in [4.69, 9.17) is 9.47 Å². The number of fused-ring (bicyclic) bond motifs is 2. The maximum Gasteiger partial charge on any atom is 0.146 e. The third kappa shape index (κ3) is 2.79. The summed E-state index contributed by atoms with van der Waals surface area (Å²) >= 11 is 0. The number of rotatable bonds is 5. The minimum atomic E-state index is 0.128. The summed E-state index contributed by atoms with van der Waals surface area (Å²) in [6.07, 6.45) is 4.31. The average molecular weight is 349 g/mol. The van der Waals surface area contributed by atoms with Crippen LogP contribution >= 0.6 is 0 Å². The Morgan fingerprint density at radius 2 is 1.73 bits per heavy atom. The van der Waals surface area contributed by atoms with Gasteiger partial charge in [0.15, 0.2) is 0 Å². The Labute approximate surface area is 154 Å². The van der Waals surface area contributed by atoms with Gasteiger partial charge >= 0.3 is 0 Å². The van der Waals surface area contributed by atoms with Crippen molar-refractivity contribution in [2.45, 2.75) is 19.6 Å². The monoisotopic (exact) mass is 349 g/mol. The molecule has 0 amide bonds. The third-order valence-corrected chi connectivity index (χ3v) is 4.93. The standard InChI is InChI=1S/C21H23N3O2/c1-4-24-21-17(13-22-24)11-16-12-19(26-3)9-10-20(16)23(21)14-15-5-7-18(25-2)8-6-15/h5-13,21H,4,14H2,1-3H3. The highest BCUT2D eigenvalue weighted by atomic mass is 16.5. The first-order valence-corrected chi connectivity index (χ1v) is 8.83. The fourth-order valence-electron chi connectivity index (χ4n) is 3.60. The zero-order chi connectivity index (χ0) is 18.1. The lowest BCUT2D eigenvalue weighted by molar-refractivity contribution is 0.255. The van der Waals surface area contributed by atoms with E-state index in [-0.39, 0.29) is 6.17 Å². The summed E-state index contributed by atoms with van der Waals surface area (Å²) in [5.74, 6) is 1.74. The van der Waals surface area contributed by atoms with Gasteiger partial charge < -0.3 is 14.4 Å². The van der Waals surface area contributed by atoms with E-state index in [1.165, 1.54) is 16.8 Å². The SMILES string of the molecule is CCN1N=CC2=Cc3cc(OC)ccc3N(Cc3ccc(OC)cc3)C21. The van der Waals surface area contributed by atoms with E-state index < -0.39 is 0 Å². The summed E-state index contributed by atoms with van der Waals surface area (Å²) in [7, 11) is 3.39. The first-order valence-electron chi connectivity index (χ1n) is 8.83. The Hall–Kier alpha value is -2.95. The highest BCUT2D eigenvalue weighted by Crippen LogP contribution is 2.38. The van der Waals surface area contributed by atoms with Crippen LogP contribution in [0, 0.1) is 0 Å². The second kappa shape index (κ2) is 6.75. The summed E-state index contributed by atoms with van der Waals surface area (Å²) < 4.78 is 10.7. The molecule has 0 N–H and O–H groups in total. The molecular weight excluding hydrogens is 326 g/mol. The zero-order valence-corrected chi connectivity index (χ0v) is 15.3. The van der Waals surface area contributed by atoms with E-state index in [9.17, 15) is 0 Å². The van der Waals surface area contributed by atoms with Gasteiger partial charge in [-0.3, -0.25) is 5.01 Å². The Balaban J connectivity index is 1.73. The maximum atomic E-state index is 5.41. The van der Waals surface area contributed by atoms with Crippen molar-refractivity contribution in [3.8, 4) is 11.5 Å². The van der Waals surface area contributed by atoms with Crippen molar-refractivity contribution in [2.24, 2.45) is 5.10 Å². The average Bonchev–Trinajstić information content (AvgIpc) is 3.10. The predicted molar refractivity (Wildman–Crippen MR) is 105 cm³/mol. The molecule has 5 heteroatoms. The van der Waals surface area contributed by atoms with Crippen LogP contribution in [0.25, 0.3) is 6.08 Å². The van der Waals surface area contributed by atoms with Crippen LogP contribution in [0.1, 0.15) is 18.1 Å². The predicted octanol–water partition coefficient (Wildman–Crippen LogP) is 3.75. The van der Waals surface area contributed by atoms with Gasteiger partial charge in [0, 0.05) is 29.9 Å². The molecule has 2 heterocycles.